The van der Waals surface area contributed by atoms with Gasteiger partial charge in [-0.05, 0) is 30.3 Å². The van der Waals surface area contributed by atoms with Crippen LogP contribution in [-0.4, -0.2) is 20.9 Å². The van der Waals surface area contributed by atoms with Crippen LogP contribution in [0.25, 0.3) is 0 Å². The Balaban J connectivity index is 1.79. The molecular formula is C16H13ClN6O. The molecule has 2 aromatic heterocycles. The number of hydrogen-bond acceptors (Lipinski definition) is 6. The fourth-order valence-electron chi connectivity index (χ4n) is 1.94. The van der Waals surface area contributed by atoms with Gasteiger partial charge in [0, 0.05) is 29.3 Å². The third-order valence-corrected chi connectivity index (χ3v) is 3.38. The summed E-state index contributed by atoms with van der Waals surface area (Å²) >= 11 is 5.88. The van der Waals surface area contributed by atoms with Crippen molar-refractivity contribution in [1.82, 2.24) is 15.0 Å². The molecule has 1 amide bonds. The van der Waals surface area contributed by atoms with Gasteiger partial charge in [-0.2, -0.15) is 0 Å². The summed E-state index contributed by atoms with van der Waals surface area (Å²) in [5.41, 5.74) is 7.76. The van der Waals surface area contributed by atoms with E-state index in [1.165, 1.54) is 12.4 Å². The fraction of sp³-hybridized carbons (Fsp3) is 0. The molecule has 0 atom stereocenters. The van der Waals surface area contributed by atoms with Gasteiger partial charge in [0.25, 0.3) is 5.91 Å². The standard InChI is InChI=1S/C16H13ClN6O/c17-11-1-3-12(4-2-11)22-14-9-19-6-5-13(14)23-15(24)10-7-20-16(18)21-8-10/h1-9,22H,(H2,18,20,21)(H,19,23,24). The summed E-state index contributed by atoms with van der Waals surface area (Å²) < 4.78 is 0. The lowest BCUT2D eigenvalue weighted by Crippen LogP contribution is -2.14. The van der Waals surface area contributed by atoms with Gasteiger partial charge in [-0.1, -0.05) is 11.6 Å². The predicted octanol–water partition coefficient (Wildman–Crippen LogP) is 3.10. The average Bonchev–Trinajstić information content (AvgIpc) is 2.59. The molecule has 0 saturated carbocycles. The van der Waals surface area contributed by atoms with Gasteiger partial charge in [-0.25, -0.2) is 9.97 Å². The van der Waals surface area contributed by atoms with Crippen LogP contribution >= 0.6 is 11.6 Å². The third kappa shape index (κ3) is 3.76. The van der Waals surface area contributed by atoms with Gasteiger partial charge >= 0.3 is 0 Å². The fourth-order valence-corrected chi connectivity index (χ4v) is 2.07. The number of anilines is 4. The zero-order valence-electron chi connectivity index (χ0n) is 12.4. The minimum atomic E-state index is -0.347. The summed E-state index contributed by atoms with van der Waals surface area (Å²) in [6, 6.07) is 8.88. The average molecular weight is 341 g/mol. The molecule has 7 nitrogen and oxygen atoms in total. The molecule has 0 spiro atoms. The van der Waals surface area contributed by atoms with Gasteiger partial charge < -0.3 is 16.4 Å². The smallest absolute Gasteiger partial charge is 0.258 e. The first-order chi connectivity index (χ1) is 11.6. The molecule has 1 aromatic carbocycles. The highest BCUT2D eigenvalue weighted by molar-refractivity contribution is 6.30. The van der Waals surface area contributed by atoms with Gasteiger partial charge in [-0.15, -0.1) is 0 Å². The summed E-state index contributed by atoms with van der Waals surface area (Å²) in [7, 11) is 0. The summed E-state index contributed by atoms with van der Waals surface area (Å²) in [6.07, 6.45) is 5.93. The van der Waals surface area contributed by atoms with E-state index in [4.69, 9.17) is 17.3 Å². The number of nitrogen functional groups attached to an aromatic ring is 1. The summed E-state index contributed by atoms with van der Waals surface area (Å²) in [4.78, 5) is 24.0. The van der Waals surface area contributed by atoms with Crippen molar-refractivity contribution in [3.05, 3.63) is 65.7 Å². The van der Waals surface area contributed by atoms with Crippen molar-refractivity contribution in [2.45, 2.75) is 0 Å². The molecule has 0 aliphatic heterocycles. The maximum absolute atomic E-state index is 12.3. The maximum atomic E-state index is 12.3. The van der Waals surface area contributed by atoms with E-state index in [2.05, 4.69) is 25.6 Å². The Morgan fingerprint density at radius 1 is 1.00 bits per heavy atom. The number of pyridine rings is 1. The van der Waals surface area contributed by atoms with Crippen molar-refractivity contribution < 1.29 is 4.79 Å². The van der Waals surface area contributed by atoms with Crippen LogP contribution in [0.5, 0.6) is 0 Å². The topological polar surface area (TPSA) is 106 Å². The number of amides is 1. The van der Waals surface area contributed by atoms with Gasteiger partial charge in [-0.3, -0.25) is 9.78 Å². The molecule has 0 radical (unpaired) electrons. The van der Waals surface area contributed by atoms with Crippen LogP contribution in [-0.2, 0) is 0 Å². The van der Waals surface area contributed by atoms with E-state index in [1.807, 2.05) is 12.1 Å². The lowest BCUT2D eigenvalue weighted by atomic mass is 10.2. The summed E-state index contributed by atoms with van der Waals surface area (Å²) in [5, 5.41) is 6.61. The van der Waals surface area contributed by atoms with E-state index < -0.39 is 0 Å². The third-order valence-electron chi connectivity index (χ3n) is 3.13. The van der Waals surface area contributed by atoms with Crippen LogP contribution < -0.4 is 16.4 Å². The summed E-state index contributed by atoms with van der Waals surface area (Å²) in [5.74, 6) is -0.235. The molecule has 3 aromatic rings. The largest absolute Gasteiger partial charge is 0.368 e. The molecule has 2 heterocycles. The molecule has 4 N–H and O–H groups in total. The van der Waals surface area contributed by atoms with Crippen molar-refractivity contribution in [3.8, 4) is 0 Å². The SMILES string of the molecule is Nc1ncc(C(=O)Nc2ccncc2Nc2ccc(Cl)cc2)cn1. The molecule has 0 unspecified atom stereocenters. The zero-order valence-corrected chi connectivity index (χ0v) is 13.2. The molecule has 0 bridgehead atoms. The molecule has 0 aliphatic rings. The minimum Gasteiger partial charge on any atom is -0.368 e. The van der Waals surface area contributed by atoms with Crippen LogP contribution in [0, 0.1) is 0 Å². The molecule has 0 aliphatic carbocycles. The number of nitrogens with one attached hydrogen (secondary N) is 2. The molecule has 120 valence electrons. The van der Waals surface area contributed by atoms with E-state index in [0.29, 0.717) is 22.0 Å². The Hall–Kier alpha value is -3.19. The van der Waals surface area contributed by atoms with E-state index in [0.717, 1.165) is 5.69 Å². The van der Waals surface area contributed by atoms with E-state index >= 15 is 0 Å². The number of nitrogens with two attached hydrogens (primary N) is 1. The lowest BCUT2D eigenvalue weighted by Gasteiger charge is -2.12. The highest BCUT2D eigenvalue weighted by atomic mass is 35.5. The number of nitrogens with zero attached hydrogens (tertiary/aromatic N) is 3. The first-order valence-electron chi connectivity index (χ1n) is 6.97. The quantitative estimate of drug-likeness (QED) is 0.673. The van der Waals surface area contributed by atoms with Crippen LogP contribution in [0.2, 0.25) is 5.02 Å². The Morgan fingerprint density at radius 2 is 1.71 bits per heavy atom. The molecule has 0 saturated heterocycles. The van der Waals surface area contributed by atoms with Crippen LogP contribution in [0.15, 0.2) is 55.1 Å². The molecule has 3 rings (SSSR count). The maximum Gasteiger partial charge on any atom is 0.258 e. The number of rotatable bonds is 4. The first-order valence-corrected chi connectivity index (χ1v) is 7.35. The normalized spacial score (nSPS) is 10.2. The number of aromatic nitrogens is 3. The monoisotopic (exact) mass is 340 g/mol. The summed E-state index contributed by atoms with van der Waals surface area (Å²) in [6.45, 7) is 0. The number of halogens is 1. The number of benzene rings is 1. The van der Waals surface area contributed by atoms with E-state index in [1.54, 1.807) is 30.6 Å². The van der Waals surface area contributed by atoms with Crippen LogP contribution in [0.1, 0.15) is 10.4 Å². The zero-order chi connectivity index (χ0) is 16.9. The van der Waals surface area contributed by atoms with E-state index in [9.17, 15) is 4.79 Å². The van der Waals surface area contributed by atoms with Gasteiger partial charge in [0.15, 0.2) is 0 Å². The van der Waals surface area contributed by atoms with Crippen LogP contribution in [0.3, 0.4) is 0 Å². The van der Waals surface area contributed by atoms with Crippen molar-refractivity contribution in [2.75, 3.05) is 16.4 Å². The second-order valence-electron chi connectivity index (χ2n) is 4.84. The molecular weight excluding hydrogens is 328 g/mol. The highest BCUT2D eigenvalue weighted by Gasteiger charge is 2.10. The van der Waals surface area contributed by atoms with Crippen molar-refractivity contribution >= 4 is 40.5 Å². The second kappa shape index (κ2) is 6.93. The Labute approximate surface area is 142 Å². The highest BCUT2D eigenvalue weighted by Crippen LogP contribution is 2.25. The van der Waals surface area contributed by atoms with Gasteiger partial charge in [0.1, 0.15) is 0 Å². The number of carbonyl (C=O) groups is 1. The number of hydrogen-bond donors (Lipinski definition) is 3. The Kier molecular flexibility index (Phi) is 4.53. The predicted molar refractivity (Wildman–Crippen MR) is 93.4 cm³/mol. The molecule has 8 heteroatoms. The van der Waals surface area contributed by atoms with Crippen molar-refractivity contribution in [1.29, 1.82) is 0 Å². The van der Waals surface area contributed by atoms with Gasteiger partial charge in [0.2, 0.25) is 5.95 Å². The van der Waals surface area contributed by atoms with Crippen LogP contribution in [0.4, 0.5) is 23.0 Å². The Morgan fingerprint density at radius 3 is 2.42 bits per heavy atom. The Bertz CT molecular complexity index is 851. The number of carbonyl (C=O) groups excluding carboxylic acids is 1. The van der Waals surface area contributed by atoms with Crippen molar-refractivity contribution in [3.63, 3.8) is 0 Å². The van der Waals surface area contributed by atoms with Gasteiger partial charge in [0.05, 0.1) is 23.1 Å². The molecule has 24 heavy (non-hydrogen) atoms. The lowest BCUT2D eigenvalue weighted by molar-refractivity contribution is 0.102. The first kappa shape index (κ1) is 15.7. The van der Waals surface area contributed by atoms with Crippen molar-refractivity contribution in [2.24, 2.45) is 0 Å². The van der Waals surface area contributed by atoms with E-state index in [-0.39, 0.29) is 11.9 Å². The second-order valence-corrected chi connectivity index (χ2v) is 5.27. The molecule has 0 fully saturated rings. The minimum absolute atomic E-state index is 0.112.